The van der Waals surface area contributed by atoms with Gasteiger partial charge in [-0.2, -0.15) is 0 Å². The van der Waals surface area contributed by atoms with Crippen molar-refractivity contribution in [3.63, 3.8) is 0 Å². The predicted octanol–water partition coefficient (Wildman–Crippen LogP) is 4.95. The molecule has 0 amide bonds. The fourth-order valence-corrected chi connectivity index (χ4v) is 3.53. The zero-order valence-electron chi connectivity index (χ0n) is 13.3. The molecule has 0 N–H and O–H groups in total. The smallest absolute Gasteiger partial charge is 0.224 e. The SMILES string of the molecule is COc1ccc(C2=CC[C@@H](c3ccccc3Cl)[C@H]([N+](=O)[O-])C2)cc1. The van der Waals surface area contributed by atoms with Gasteiger partial charge in [-0.3, -0.25) is 10.1 Å². The lowest BCUT2D eigenvalue weighted by atomic mass is 9.79. The van der Waals surface area contributed by atoms with E-state index < -0.39 is 6.04 Å². The minimum atomic E-state index is -0.674. The van der Waals surface area contributed by atoms with Gasteiger partial charge in [0.15, 0.2) is 0 Å². The monoisotopic (exact) mass is 343 g/mol. The average Bonchev–Trinajstić information content (AvgIpc) is 2.62. The standard InChI is InChI=1S/C19H18ClNO3/c1-24-15-9-6-13(7-10-15)14-8-11-17(19(12-14)21(22)23)16-4-2-3-5-18(16)20/h2-10,17,19H,11-12H2,1H3/t17-,19+/m0/s1. The molecule has 0 saturated carbocycles. The van der Waals surface area contributed by atoms with Crippen molar-refractivity contribution in [2.45, 2.75) is 24.8 Å². The number of rotatable bonds is 4. The Morgan fingerprint density at radius 3 is 2.50 bits per heavy atom. The molecule has 5 heteroatoms. The van der Waals surface area contributed by atoms with Gasteiger partial charge >= 0.3 is 0 Å². The van der Waals surface area contributed by atoms with E-state index in [4.69, 9.17) is 16.3 Å². The summed E-state index contributed by atoms with van der Waals surface area (Å²) in [6.07, 6.45) is 3.10. The Kier molecular flexibility index (Phi) is 4.86. The summed E-state index contributed by atoms with van der Waals surface area (Å²) in [5, 5.41) is 12.2. The van der Waals surface area contributed by atoms with Gasteiger partial charge in [-0.1, -0.05) is 48.0 Å². The maximum Gasteiger partial charge on any atom is 0.224 e. The van der Waals surface area contributed by atoms with Gasteiger partial charge in [-0.05, 0) is 41.3 Å². The number of nitro groups is 1. The van der Waals surface area contributed by atoms with Crippen molar-refractivity contribution in [3.8, 4) is 5.75 Å². The summed E-state index contributed by atoms with van der Waals surface area (Å²) in [5.41, 5.74) is 2.86. The van der Waals surface area contributed by atoms with Crippen molar-refractivity contribution >= 4 is 17.2 Å². The van der Waals surface area contributed by atoms with Crippen LogP contribution in [0.15, 0.2) is 54.6 Å². The van der Waals surface area contributed by atoms with Gasteiger partial charge in [0.25, 0.3) is 0 Å². The topological polar surface area (TPSA) is 52.4 Å². The third-order valence-corrected chi connectivity index (χ3v) is 4.89. The zero-order chi connectivity index (χ0) is 17.1. The van der Waals surface area contributed by atoms with Gasteiger partial charge in [0, 0.05) is 16.4 Å². The van der Waals surface area contributed by atoms with Crippen molar-refractivity contribution in [1.29, 1.82) is 0 Å². The van der Waals surface area contributed by atoms with Gasteiger partial charge < -0.3 is 4.74 Å². The third-order valence-electron chi connectivity index (χ3n) is 4.55. The molecule has 1 aliphatic rings. The molecule has 0 unspecified atom stereocenters. The van der Waals surface area contributed by atoms with Crippen LogP contribution in [0.4, 0.5) is 0 Å². The molecule has 0 saturated heterocycles. The fraction of sp³-hybridized carbons (Fsp3) is 0.263. The highest BCUT2D eigenvalue weighted by molar-refractivity contribution is 6.31. The minimum Gasteiger partial charge on any atom is -0.497 e. The number of hydrogen-bond donors (Lipinski definition) is 0. The molecule has 2 aromatic rings. The summed E-state index contributed by atoms with van der Waals surface area (Å²) in [6, 6.07) is 14.3. The van der Waals surface area contributed by atoms with Crippen molar-refractivity contribution in [2.75, 3.05) is 7.11 Å². The first-order chi connectivity index (χ1) is 11.6. The molecule has 1 aliphatic carbocycles. The second-order valence-corrected chi connectivity index (χ2v) is 6.29. The van der Waals surface area contributed by atoms with Crippen LogP contribution in [0.25, 0.3) is 5.57 Å². The van der Waals surface area contributed by atoms with Gasteiger partial charge in [0.1, 0.15) is 5.75 Å². The predicted molar refractivity (Wildman–Crippen MR) is 95.2 cm³/mol. The van der Waals surface area contributed by atoms with Crippen molar-refractivity contribution in [2.24, 2.45) is 0 Å². The molecule has 0 heterocycles. The number of allylic oxidation sites excluding steroid dienone is 1. The molecule has 2 atom stereocenters. The van der Waals surface area contributed by atoms with E-state index >= 15 is 0 Å². The Labute approximate surface area is 145 Å². The summed E-state index contributed by atoms with van der Waals surface area (Å²) in [7, 11) is 1.62. The van der Waals surface area contributed by atoms with Crippen LogP contribution in [0, 0.1) is 10.1 Å². The summed E-state index contributed by atoms with van der Waals surface area (Å²) in [6.45, 7) is 0. The number of nitrogens with zero attached hydrogens (tertiary/aromatic N) is 1. The zero-order valence-corrected chi connectivity index (χ0v) is 14.1. The lowest BCUT2D eigenvalue weighted by Gasteiger charge is -2.26. The quantitative estimate of drug-likeness (QED) is 0.582. The highest BCUT2D eigenvalue weighted by Crippen LogP contribution is 2.40. The minimum absolute atomic E-state index is 0.176. The summed E-state index contributed by atoms with van der Waals surface area (Å²) in [5.74, 6) is 0.575. The molecule has 0 fully saturated rings. The van der Waals surface area contributed by atoms with Crippen LogP contribution in [-0.2, 0) is 0 Å². The van der Waals surface area contributed by atoms with Crippen molar-refractivity contribution < 1.29 is 9.66 Å². The third kappa shape index (κ3) is 3.29. The molecular formula is C19H18ClNO3. The number of halogens is 1. The van der Waals surface area contributed by atoms with Crippen LogP contribution in [-0.4, -0.2) is 18.1 Å². The molecule has 0 aromatic heterocycles. The van der Waals surface area contributed by atoms with E-state index in [1.165, 1.54) is 0 Å². The lowest BCUT2D eigenvalue weighted by Crippen LogP contribution is -2.30. The summed E-state index contributed by atoms with van der Waals surface area (Å²) >= 11 is 6.26. The van der Waals surface area contributed by atoms with E-state index in [9.17, 15) is 10.1 Å². The van der Waals surface area contributed by atoms with E-state index in [-0.39, 0.29) is 10.8 Å². The largest absolute Gasteiger partial charge is 0.497 e. The van der Waals surface area contributed by atoms with Crippen LogP contribution in [0.2, 0.25) is 5.02 Å². The van der Waals surface area contributed by atoms with E-state index in [0.29, 0.717) is 17.9 Å². The average molecular weight is 344 g/mol. The Morgan fingerprint density at radius 1 is 1.17 bits per heavy atom. The molecule has 0 bridgehead atoms. The molecule has 0 radical (unpaired) electrons. The highest BCUT2D eigenvalue weighted by Gasteiger charge is 2.37. The second kappa shape index (κ2) is 7.05. The molecule has 2 aromatic carbocycles. The number of benzene rings is 2. The Balaban J connectivity index is 1.91. The maximum absolute atomic E-state index is 11.6. The van der Waals surface area contributed by atoms with Gasteiger partial charge in [0.2, 0.25) is 6.04 Å². The fourth-order valence-electron chi connectivity index (χ4n) is 3.25. The van der Waals surface area contributed by atoms with Crippen LogP contribution in [0.3, 0.4) is 0 Å². The first-order valence-electron chi connectivity index (χ1n) is 7.81. The van der Waals surface area contributed by atoms with Gasteiger partial charge in [-0.15, -0.1) is 0 Å². The number of ether oxygens (including phenoxy) is 1. The molecule has 0 spiro atoms. The molecule has 124 valence electrons. The Bertz CT molecular complexity index is 770. The van der Waals surface area contributed by atoms with E-state index in [1.54, 1.807) is 13.2 Å². The lowest BCUT2D eigenvalue weighted by molar-refractivity contribution is -0.526. The van der Waals surface area contributed by atoms with Crippen LogP contribution in [0.5, 0.6) is 5.75 Å². The van der Waals surface area contributed by atoms with Crippen LogP contribution >= 0.6 is 11.6 Å². The van der Waals surface area contributed by atoms with Crippen molar-refractivity contribution in [3.05, 3.63) is 80.9 Å². The number of methoxy groups -OCH3 is 1. The number of hydrogen-bond acceptors (Lipinski definition) is 3. The molecular weight excluding hydrogens is 326 g/mol. The molecule has 3 rings (SSSR count). The first-order valence-corrected chi connectivity index (χ1v) is 8.19. The Hall–Kier alpha value is -2.33. The van der Waals surface area contributed by atoms with Crippen LogP contribution < -0.4 is 4.74 Å². The highest BCUT2D eigenvalue weighted by atomic mass is 35.5. The van der Waals surface area contributed by atoms with Crippen molar-refractivity contribution in [1.82, 2.24) is 0 Å². The second-order valence-electron chi connectivity index (χ2n) is 5.88. The maximum atomic E-state index is 11.6. The molecule has 4 nitrogen and oxygen atoms in total. The van der Waals surface area contributed by atoms with E-state index in [0.717, 1.165) is 22.4 Å². The summed E-state index contributed by atoms with van der Waals surface area (Å²) < 4.78 is 5.16. The Morgan fingerprint density at radius 2 is 1.88 bits per heavy atom. The van der Waals surface area contributed by atoms with E-state index in [1.807, 2.05) is 42.5 Å². The van der Waals surface area contributed by atoms with Gasteiger partial charge in [-0.25, -0.2) is 0 Å². The normalized spacial score (nSPS) is 20.3. The summed E-state index contributed by atoms with van der Waals surface area (Å²) in [4.78, 5) is 11.5. The van der Waals surface area contributed by atoms with E-state index in [2.05, 4.69) is 6.08 Å². The molecule has 24 heavy (non-hydrogen) atoms. The van der Waals surface area contributed by atoms with Gasteiger partial charge in [0.05, 0.1) is 13.0 Å². The first kappa shape index (κ1) is 16.5. The molecule has 0 aliphatic heterocycles. The van der Waals surface area contributed by atoms with Crippen LogP contribution in [0.1, 0.15) is 29.9 Å².